The average Bonchev–Trinajstić information content (AvgIpc) is 2.12. The van der Waals surface area contributed by atoms with Crippen LogP contribution in [0.5, 0.6) is 0 Å². The van der Waals surface area contributed by atoms with E-state index in [0.29, 0.717) is 6.54 Å². The smallest absolute Gasteiger partial charge is 0.0558 e. The number of benzene rings is 1. The lowest BCUT2D eigenvalue weighted by molar-refractivity contribution is 0.217. The Morgan fingerprint density at radius 3 is 2.86 bits per heavy atom. The first-order valence-electron chi connectivity index (χ1n) is 4.37. The van der Waals surface area contributed by atoms with Crippen molar-refractivity contribution in [2.45, 2.75) is 6.54 Å². The molecule has 0 amide bonds. The Bertz CT molecular complexity index is 306. The number of nitrogens with zero attached hydrogens (tertiary/aromatic N) is 1. The third kappa shape index (κ3) is 3.84. The molecule has 0 aliphatic heterocycles. The van der Waals surface area contributed by atoms with Crippen molar-refractivity contribution in [1.82, 2.24) is 4.90 Å². The largest absolute Gasteiger partial charge is 0.395 e. The Morgan fingerprint density at radius 1 is 1.50 bits per heavy atom. The average molecular weight is 370 g/mol. The molecule has 0 atom stereocenters. The van der Waals surface area contributed by atoms with Gasteiger partial charge in [-0.2, -0.15) is 0 Å². The van der Waals surface area contributed by atoms with Gasteiger partial charge in [0.2, 0.25) is 0 Å². The maximum absolute atomic E-state index is 8.78. The Hall–Kier alpha value is 0.350. The highest BCUT2D eigenvalue weighted by molar-refractivity contribution is 14.1. The SMILES string of the molecule is CN(CCO)Cc1cc(I)ccc1Br. The molecule has 14 heavy (non-hydrogen) atoms. The van der Waals surface area contributed by atoms with Crippen LogP contribution in [0.25, 0.3) is 0 Å². The summed E-state index contributed by atoms with van der Waals surface area (Å²) < 4.78 is 2.36. The molecule has 0 spiro atoms. The first-order valence-corrected chi connectivity index (χ1v) is 6.24. The molecule has 0 bridgehead atoms. The minimum Gasteiger partial charge on any atom is -0.395 e. The Labute approximate surface area is 107 Å². The number of likely N-dealkylation sites (N-methyl/N-ethyl adjacent to an activating group) is 1. The minimum atomic E-state index is 0.206. The second kappa shape index (κ2) is 6.05. The zero-order valence-electron chi connectivity index (χ0n) is 8.00. The summed E-state index contributed by atoms with van der Waals surface area (Å²) in [6.07, 6.45) is 0. The third-order valence-electron chi connectivity index (χ3n) is 1.93. The second-order valence-electron chi connectivity index (χ2n) is 3.20. The van der Waals surface area contributed by atoms with Crippen LogP contribution in [0.4, 0.5) is 0 Å². The lowest BCUT2D eigenvalue weighted by Gasteiger charge is -2.16. The van der Waals surface area contributed by atoms with Gasteiger partial charge in [-0.15, -0.1) is 0 Å². The van der Waals surface area contributed by atoms with E-state index in [9.17, 15) is 0 Å². The van der Waals surface area contributed by atoms with Gasteiger partial charge < -0.3 is 5.11 Å². The van der Waals surface area contributed by atoms with Gasteiger partial charge >= 0.3 is 0 Å². The lowest BCUT2D eigenvalue weighted by Crippen LogP contribution is -2.21. The fraction of sp³-hybridized carbons (Fsp3) is 0.400. The fourth-order valence-electron chi connectivity index (χ4n) is 1.21. The van der Waals surface area contributed by atoms with E-state index in [0.717, 1.165) is 11.0 Å². The third-order valence-corrected chi connectivity index (χ3v) is 3.37. The molecule has 0 fully saturated rings. The summed E-state index contributed by atoms with van der Waals surface area (Å²) in [6.45, 7) is 1.77. The van der Waals surface area contributed by atoms with Crippen molar-refractivity contribution in [2.24, 2.45) is 0 Å². The molecule has 78 valence electrons. The predicted octanol–water partition coefficient (Wildman–Crippen LogP) is 2.48. The van der Waals surface area contributed by atoms with Crippen LogP contribution in [-0.2, 0) is 6.54 Å². The molecule has 0 saturated heterocycles. The summed E-state index contributed by atoms with van der Waals surface area (Å²) in [5.41, 5.74) is 1.26. The van der Waals surface area contributed by atoms with Crippen LogP contribution >= 0.6 is 38.5 Å². The number of hydrogen-bond donors (Lipinski definition) is 1. The monoisotopic (exact) mass is 369 g/mol. The van der Waals surface area contributed by atoms with Crippen LogP contribution in [0, 0.1) is 3.57 Å². The molecule has 1 aromatic rings. The Balaban J connectivity index is 2.70. The number of aliphatic hydroxyl groups excluding tert-OH is 1. The van der Waals surface area contributed by atoms with E-state index in [4.69, 9.17) is 5.11 Å². The van der Waals surface area contributed by atoms with Gasteiger partial charge in [-0.1, -0.05) is 15.9 Å². The van der Waals surface area contributed by atoms with Crippen LogP contribution in [-0.4, -0.2) is 30.2 Å². The molecule has 0 unspecified atom stereocenters. The molecule has 1 N–H and O–H groups in total. The topological polar surface area (TPSA) is 23.5 Å². The molecule has 0 aliphatic carbocycles. The van der Waals surface area contributed by atoms with Crippen molar-refractivity contribution in [2.75, 3.05) is 20.2 Å². The molecule has 1 rings (SSSR count). The second-order valence-corrected chi connectivity index (χ2v) is 5.30. The van der Waals surface area contributed by atoms with E-state index in [1.165, 1.54) is 9.13 Å². The number of halogens is 2. The standard InChI is InChI=1S/C10H13BrINO/c1-13(4-5-14)7-8-6-9(12)2-3-10(8)11/h2-3,6,14H,4-5,7H2,1H3. The molecular formula is C10H13BrINO. The van der Waals surface area contributed by atoms with Crippen LogP contribution in [0.15, 0.2) is 22.7 Å². The molecule has 0 aliphatic rings. The van der Waals surface area contributed by atoms with Gasteiger partial charge in [-0.25, -0.2) is 0 Å². The summed E-state index contributed by atoms with van der Waals surface area (Å²) in [7, 11) is 2.00. The highest BCUT2D eigenvalue weighted by Crippen LogP contribution is 2.20. The fourth-order valence-corrected chi connectivity index (χ4v) is 2.13. The van der Waals surface area contributed by atoms with E-state index < -0.39 is 0 Å². The van der Waals surface area contributed by atoms with E-state index in [2.05, 4.69) is 61.6 Å². The van der Waals surface area contributed by atoms with E-state index in [1.807, 2.05) is 7.05 Å². The van der Waals surface area contributed by atoms with E-state index >= 15 is 0 Å². The van der Waals surface area contributed by atoms with Crippen molar-refractivity contribution < 1.29 is 5.11 Å². The van der Waals surface area contributed by atoms with Crippen molar-refractivity contribution in [3.05, 3.63) is 31.8 Å². The molecule has 4 heteroatoms. The zero-order chi connectivity index (χ0) is 10.6. The molecule has 1 aromatic carbocycles. The van der Waals surface area contributed by atoms with Gasteiger partial charge in [0, 0.05) is 21.1 Å². The maximum Gasteiger partial charge on any atom is 0.0558 e. The van der Waals surface area contributed by atoms with Crippen molar-refractivity contribution in [1.29, 1.82) is 0 Å². The first-order chi connectivity index (χ1) is 6.63. The highest BCUT2D eigenvalue weighted by Gasteiger charge is 2.04. The van der Waals surface area contributed by atoms with Crippen molar-refractivity contribution in [3.63, 3.8) is 0 Å². The van der Waals surface area contributed by atoms with Crippen LogP contribution in [0.2, 0.25) is 0 Å². The number of rotatable bonds is 4. The molecule has 0 radical (unpaired) electrons. The molecule has 0 aromatic heterocycles. The highest BCUT2D eigenvalue weighted by atomic mass is 127. The number of aliphatic hydroxyl groups is 1. The molecule has 2 nitrogen and oxygen atoms in total. The Kier molecular flexibility index (Phi) is 5.36. The van der Waals surface area contributed by atoms with Gasteiger partial charge in [-0.3, -0.25) is 4.90 Å². The van der Waals surface area contributed by atoms with Crippen LogP contribution < -0.4 is 0 Å². The minimum absolute atomic E-state index is 0.206. The first kappa shape index (κ1) is 12.4. The zero-order valence-corrected chi connectivity index (χ0v) is 11.7. The Morgan fingerprint density at radius 2 is 2.21 bits per heavy atom. The normalized spacial score (nSPS) is 10.9. The van der Waals surface area contributed by atoms with Gasteiger partial charge in [0.1, 0.15) is 0 Å². The molecular weight excluding hydrogens is 357 g/mol. The molecule has 0 heterocycles. The van der Waals surface area contributed by atoms with Gasteiger partial charge in [0.25, 0.3) is 0 Å². The van der Waals surface area contributed by atoms with Crippen LogP contribution in [0.1, 0.15) is 5.56 Å². The van der Waals surface area contributed by atoms with Crippen molar-refractivity contribution >= 4 is 38.5 Å². The lowest BCUT2D eigenvalue weighted by atomic mass is 10.2. The maximum atomic E-state index is 8.78. The summed E-state index contributed by atoms with van der Waals surface area (Å²) in [5.74, 6) is 0. The van der Waals surface area contributed by atoms with E-state index in [1.54, 1.807) is 0 Å². The van der Waals surface area contributed by atoms with Gasteiger partial charge in [0.05, 0.1) is 6.61 Å². The predicted molar refractivity (Wildman–Crippen MR) is 70.3 cm³/mol. The summed E-state index contributed by atoms with van der Waals surface area (Å²) in [5, 5.41) is 8.78. The van der Waals surface area contributed by atoms with Crippen molar-refractivity contribution in [3.8, 4) is 0 Å². The number of hydrogen-bond acceptors (Lipinski definition) is 2. The summed E-state index contributed by atoms with van der Waals surface area (Å²) in [6, 6.07) is 6.28. The quantitative estimate of drug-likeness (QED) is 0.824. The summed E-state index contributed by atoms with van der Waals surface area (Å²) in [4.78, 5) is 2.09. The van der Waals surface area contributed by atoms with Gasteiger partial charge in [-0.05, 0) is 53.4 Å². The van der Waals surface area contributed by atoms with Crippen LogP contribution in [0.3, 0.4) is 0 Å². The van der Waals surface area contributed by atoms with Gasteiger partial charge in [0.15, 0.2) is 0 Å². The summed E-state index contributed by atoms with van der Waals surface area (Å²) >= 11 is 5.82. The van der Waals surface area contributed by atoms with E-state index in [-0.39, 0.29) is 6.61 Å². The molecule has 0 saturated carbocycles.